The van der Waals surface area contributed by atoms with Gasteiger partial charge in [-0.1, -0.05) is 0 Å². The van der Waals surface area contributed by atoms with Gasteiger partial charge in [0.25, 0.3) is 0 Å². The first-order valence-corrected chi connectivity index (χ1v) is 5.01. The molecule has 72 valence electrons. The van der Waals surface area contributed by atoms with E-state index in [0.717, 1.165) is 12.1 Å². The van der Waals surface area contributed by atoms with Crippen LogP contribution in [0.3, 0.4) is 0 Å². The van der Waals surface area contributed by atoms with Gasteiger partial charge in [0.1, 0.15) is 0 Å². The number of aromatic amines is 1. The van der Waals surface area contributed by atoms with E-state index >= 15 is 0 Å². The molecule has 1 atom stereocenters. The van der Waals surface area contributed by atoms with Crippen molar-refractivity contribution >= 4 is 0 Å². The molecule has 1 unspecified atom stereocenters. The predicted molar refractivity (Wildman–Crippen MR) is 52.8 cm³/mol. The second-order valence-electron chi connectivity index (χ2n) is 3.91. The maximum atomic E-state index is 4.21. The molecule has 1 aromatic rings. The SMILES string of the molecule is Cc1n[nH]c(C)c1CC1CCCN1. The van der Waals surface area contributed by atoms with Gasteiger partial charge in [0.2, 0.25) is 0 Å². The van der Waals surface area contributed by atoms with Crippen LogP contribution in [-0.4, -0.2) is 22.8 Å². The number of hydrogen-bond donors (Lipinski definition) is 2. The van der Waals surface area contributed by atoms with Crippen LogP contribution in [0.5, 0.6) is 0 Å². The van der Waals surface area contributed by atoms with E-state index in [9.17, 15) is 0 Å². The van der Waals surface area contributed by atoms with E-state index in [1.165, 1.54) is 30.6 Å². The first kappa shape index (κ1) is 8.75. The Labute approximate surface area is 78.9 Å². The van der Waals surface area contributed by atoms with Crippen molar-refractivity contribution in [1.29, 1.82) is 0 Å². The van der Waals surface area contributed by atoms with Crippen LogP contribution in [0, 0.1) is 13.8 Å². The van der Waals surface area contributed by atoms with Gasteiger partial charge >= 0.3 is 0 Å². The van der Waals surface area contributed by atoms with Crippen molar-refractivity contribution < 1.29 is 0 Å². The van der Waals surface area contributed by atoms with Crippen LogP contribution < -0.4 is 5.32 Å². The van der Waals surface area contributed by atoms with Gasteiger partial charge in [0, 0.05) is 11.7 Å². The second-order valence-corrected chi connectivity index (χ2v) is 3.91. The lowest BCUT2D eigenvalue weighted by Gasteiger charge is -2.09. The average molecular weight is 179 g/mol. The van der Waals surface area contributed by atoms with E-state index in [4.69, 9.17) is 0 Å². The summed E-state index contributed by atoms with van der Waals surface area (Å²) >= 11 is 0. The zero-order chi connectivity index (χ0) is 9.26. The standard InChI is InChI=1S/C10H17N3/c1-7-10(8(2)13-12-7)6-9-4-3-5-11-9/h9,11H,3-6H2,1-2H3,(H,12,13). The Bertz CT molecular complexity index is 265. The summed E-state index contributed by atoms with van der Waals surface area (Å²) in [5, 5.41) is 10.7. The van der Waals surface area contributed by atoms with E-state index < -0.39 is 0 Å². The minimum absolute atomic E-state index is 0.676. The highest BCUT2D eigenvalue weighted by molar-refractivity contribution is 5.24. The minimum atomic E-state index is 0.676. The third kappa shape index (κ3) is 1.75. The van der Waals surface area contributed by atoms with Crippen LogP contribution in [0.15, 0.2) is 0 Å². The molecular weight excluding hydrogens is 162 g/mol. The highest BCUT2D eigenvalue weighted by atomic mass is 15.1. The number of hydrogen-bond acceptors (Lipinski definition) is 2. The molecule has 1 fully saturated rings. The molecule has 1 aliphatic heterocycles. The van der Waals surface area contributed by atoms with Crippen LogP contribution in [0.4, 0.5) is 0 Å². The fraction of sp³-hybridized carbons (Fsp3) is 0.700. The second kappa shape index (κ2) is 3.50. The van der Waals surface area contributed by atoms with Crippen molar-refractivity contribution in [3.05, 3.63) is 17.0 Å². The number of nitrogens with one attached hydrogen (secondary N) is 2. The Kier molecular flexibility index (Phi) is 2.36. The topological polar surface area (TPSA) is 40.7 Å². The summed E-state index contributed by atoms with van der Waals surface area (Å²) in [5.41, 5.74) is 3.79. The molecule has 1 saturated heterocycles. The van der Waals surface area contributed by atoms with E-state index in [2.05, 4.69) is 29.4 Å². The first-order chi connectivity index (χ1) is 6.27. The fourth-order valence-corrected chi connectivity index (χ4v) is 2.05. The van der Waals surface area contributed by atoms with Crippen molar-refractivity contribution in [2.45, 2.75) is 39.2 Å². The molecule has 2 rings (SSSR count). The summed E-state index contributed by atoms with van der Waals surface area (Å²) in [6, 6.07) is 0.676. The Morgan fingerprint density at radius 2 is 2.31 bits per heavy atom. The Balaban J connectivity index is 2.07. The fourth-order valence-electron chi connectivity index (χ4n) is 2.05. The van der Waals surface area contributed by atoms with Gasteiger partial charge in [-0.05, 0) is 45.2 Å². The molecular formula is C10H17N3. The third-order valence-corrected chi connectivity index (χ3v) is 2.89. The summed E-state index contributed by atoms with van der Waals surface area (Å²) < 4.78 is 0. The summed E-state index contributed by atoms with van der Waals surface area (Å²) in [6.45, 7) is 5.36. The van der Waals surface area contributed by atoms with Crippen LogP contribution in [0.1, 0.15) is 29.8 Å². The quantitative estimate of drug-likeness (QED) is 0.719. The zero-order valence-electron chi connectivity index (χ0n) is 8.35. The van der Waals surface area contributed by atoms with E-state index in [1.807, 2.05) is 0 Å². The highest BCUT2D eigenvalue weighted by Crippen LogP contribution is 2.16. The average Bonchev–Trinajstić information content (AvgIpc) is 2.70. The Morgan fingerprint density at radius 3 is 2.85 bits per heavy atom. The number of rotatable bonds is 2. The molecule has 0 aromatic carbocycles. The molecule has 1 aromatic heterocycles. The lowest BCUT2D eigenvalue weighted by molar-refractivity contribution is 0.600. The van der Waals surface area contributed by atoms with Crippen molar-refractivity contribution in [2.24, 2.45) is 0 Å². The number of aromatic nitrogens is 2. The molecule has 0 bridgehead atoms. The van der Waals surface area contributed by atoms with E-state index in [1.54, 1.807) is 0 Å². The van der Waals surface area contributed by atoms with E-state index in [0.29, 0.717) is 6.04 Å². The molecule has 1 aliphatic rings. The molecule has 2 N–H and O–H groups in total. The first-order valence-electron chi connectivity index (χ1n) is 5.01. The number of H-pyrrole nitrogens is 1. The summed E-state index contributed by atoms with van der Waals surface area (Å²) in [4.78, 5) is 0. The predicted octanol–water partition coefficient (Wildman–Crippen LogP) is 1.32. The van der Waals surface area contributed by atoms with Gasteiger partial charge in [0.15, 0.2) is 0 Å². The van der Waals surface area contributed by atoms with Gasteiger partial charge < -0.3 is 5.32 Å². The van der Waals surface area contributed by atoms with Gasteiger partial charge in [-0.25, -0.2) is 0 Å². The Morgan fingerprint density at radius 1 is 1.46 bits per heavy atom. The largest absolute Gasteiger partial charge is 0.314 e. The zero-order valence-corrected chi connectivity index (χ0v) is 8.35. The lowest BCUT2D eigenvalue weighted by Crippen LogP contribution is -2.24. The van der Waals surface area contributed by atoms with Crippen molar-refractivity contribution in [1.82, 2.24) is 15.5 Å². The van der Waals surface area contributed by atoms with Gasteiger partial charge in [-0.15, -0.1) is 0 Å². The summed E-state index contributed by atoms with van der Waals surface area (Å²) in [5.74, 6) is 0. The van der Waals surface area contributed by atoms with Crippen molar-refractivity contribution in [3.8, 4) is 0 Å². The van der Waals surface area contributed by atoms with Gasteiger partial charge in [0.05, 0.1) is 5.69 Å². The van der Waals surface area contributed by atoms with Crippen molar-refractivity contribution in [2.75, 3.05) is 6.54 Å². The molecule has 0 radical (unpaired) electrons. The monoisotopic (exact) mass is 179 g/mol. The smallest absolute Gasteiger partial charge is 0.0626 e. The summed E-state index contributed by atoms with van der Waals surface area (Å²) in [6.07, 6.45) is 3.76. The molecule has 3 nitrogen and oxygen atoms in total. The number of aryl methyl sites for hydroxylation is 2. The molecule has 0 aliphatic carbocycles. The van der Waals surface area contributed by atoms with Crippen LogP contribution in [0.2, 0.25) is 0 Å². The molecule has 13 heavy (non-hydrogen) atoms. The van der Waals surface area contributed by atoms with Crippen LogP contribution >= 0.6 is 0 Å². The summed E-state index contributed by atoms with van der Waals surface area (Å²) in [7, 11) is 0. The van der Waals surface area contributed by atoms with Crippen LogP contribution in [-0.2, 0) is 6.42 Å². The molecule has 2 heterocycles. The van der Waals surface area contributed by atoms with Gasteiger partial charge in [-0.2, -0.15) is 5.10 Å². The highest BCUT2D eigenvalue weighted by Gasteiger charge is 2.17. The van der Waals surface area contributed by atoms with Crippen molar-refractivity contribution in [3.63, 3.8) is 0 Å². The molecule has 0 amide bonds. The minimum Gasteiger partial charge on any atom is -0.314 e. The van der Waals surface area contributed by atoms with Crippen LogP contribution in [0.25, 0.3) is 0 Å². The molecule has 0 saturated carbocycles. The Hall–Kier alpha value is -0.830. The molecule has 3 heteroatoms. The third-order valence-electron chi connectivity index (χ3n) is 2.89. The van der Waals surface area contributed by atoms with Gasteiger partial charge in [-0.3, -0.25) is 5.10 Å². The lowest BCUT2D eigenvalue weighted by atomic mass is 10.0. The molecule has 0 spiro atoms. The normalized spacial score (nSPS) is 22.5. The van der Waals surface area contributed by atoms with E-state index in [-0.39, 0.29) is 0 Å². The maximum Gasteiger partial charge on any atom is 0.0626 e. The maximum absolute atomic E-state index is 4.21. The number of nitrogens with zero attached hydrogens (tertiary/aromatic N) is 1.